The molecule has 2 aromatic rings. The lowest BCUT2D eigenvalue weighted by Gasteiger charge is -2.34. The number of ether oxygens (including phenoxy) is 2. The molecule has 1 saturated heterocycles. The van der Waals surface area contributed by atoms with E-state index in [2.05, 4.69) is 0 Å². The topological polar surface area (TPSA) is 79.4 Å². The molecule has 1 fully saturated rings. The van der Waals surface area contributed by atoms with Crippen LogP contribution in [-0.4, -0.2) is 74.5 Å². The monoisotopic (exact) mass is 471 g/mol. The summed E-state index contributed by atoms with van der Waals surface area (Å²) in [5, 5.41) is 1.26. The standard InChI is InChI=1S/C24H29N3O5S/c1-2-26(17-21-8-9-22-23(16-21)32-19-31-22)24(28)18-25-11-13-27(14-12-25)33(29,30)15-10-20-6-4-3-5-7-20/h3-10,15-16H,2,11-14,17-19H2,1H3/b15-10+. The Morgan fingerprint density at radius 2 is 1.76 bits per heavy atom. The molecule has 4 rings (SSSR count). The minimum Gasteiger partial charge on any atom is -0.454 e. The van der Waals surface area contributed by atoms with Crippen molar-refractivity contribution in [1.82, 2.24) is 14.1 Å². The largest absolute Gasteiger partial charge is 0.454 e. The summed E-state index contributed by atoms with van der Waals surface area (Å²) in [6.45, 7) is 5.29. The highest BCUT2D eigenvalue weighted by Crippen LogP contribution is 2.32. The van der Waals surface area contributed by atoms with Crippen LogP contribution in [0.25, 0.3) is 6.08 Å². The quantitative estimate of drug-likeness (QED) is 0.588. The van der Waals surface area contributed by atoms with Crippen molar-refractivity contribution in [1.29, 1.82) is 0 Å². The maximum atomic E-state index is 12.9. The molecule has 2 heterocycles. The summed E-state index contributed by atoms with van der Waals surface area (Å²) >= 11 is 0. The van der Waals surface area contributed by atoms with Gasteiger partial charge in [-0.15, -0.1) is 0 Å². The Labute approximate surface area is 195 Å². The van der Waals surface area contributed by atoms with E-state index in [0.717, 1.165) is 16.9 Å². The molecule has 8 nitrogen and oxygen atoms in total. The third-order valence-corrected chi connectivity index (χ3v) is 7.39. The number of carbonyl (C=O) groups is 1. The van der Waals surface area contributed by atoms with Crippen LogP contribution < -0.4 is 9.47 Å². The van der Waals surface area contributed by atoms with Gasteiger partial charge in [0, 0.05) is 44.7 Å². The van der Waals surface area contributed by atoms with Crippen LogP contribution in [0, 0.1) is 0 Å². The molecule has 0 saturated carbocycles. The Morgan fingerprint density at radius 3 is 2.48 bits per heavy atom. The van der Waals surface area contributed by atoms with Crippen molar-refractivity contribution in [3.05, 3.63) is 65.1 Å². The van der Waals surface area contributed by atoms with Crippen molar-refractivity contribution in [2.24, 2.45) is 0 Å². The maximum absolute atomic E-state index is 12.9. The summed E-state index contributed by atoms with van der Waals surface area (Å²) in [7, 11) is -3.49. The molecule has 0 unspecified atom stereocenters. The van der Waals surface area contributed by atoms with E-state index in [0.29, 0.717) is 45.0 Å². The van der Waals surface area contributed by atoms with Crippen molar-refractivity contribution < 1.29 is 22.7 Å². The van der Waals surface area contributed by atoms with Crippen LogP contribution in [0.2, 0.25) is 0 Å². The molecule has 2 aliphatic heterocycles. The highest BCUT2D eigenvalue weighted by molar-refractivity contribution is 7.92. The zero-order chi connectivity index (χ0) is 23.3. The number of carbonyl (C=O) groups excluding carboxylic acids is 1. The molecule has 2 aromatic carbocycles. The zero-order valence-corrected chi connectivity index (χ0v) is 19.5. The van der Waals surface area contributed by atoms with Gasteiger partial charge in [0.05, 0.1) is 6.54 Å². The van der Waals surface area contributed by atoms with E-state index in [4.69, 9.17) is 9.47 Å². The van der Waals surface area contributed by atoms with Gasteiger partial charge in [-0.3, -0.25) is 9.69 Å². The predicted octanol–water partition coefficient (Wildman–Crippen LogP) is 2.38. The number of nitrogens with zero attached hydrogens (tertiary/aromatic N) is 3. The first-order valence-electron chi connectivity index (χ1n) is 11.1. The van der Waals surface area contributed by atoms with E-state index < -0.39 is 10.0 Å². The molecule has 33 heavy (non-hydrogen) atoms. The molecule has 176 valence electrons. The van der Waals surface area contributed by atoms with Crippen molar-refractivity contribution in [3.8, 4) is 11.5 Å². The van der Waals surface area contributed by atoms with E-state index in [1.165, 1.54) is 9.71 Å². The average Bonchev–Trinajstić information content (AvgIpc) is 3.30. The fourth-order valence-corrected chi connectivity index (χ4v) is 5.06. The van der Waals surface area contributed by atoms with Gasteiger partial charge >= 0.3 is 0 Å². The Balaban J connectivity index is 1.28. The third kappa shape index (κ3) is 5.93. The van der Waals surface area contributed by atoms with Gasteiger partial charge in [0.15, 0.2) is 11.5 Å². The van der Waals surface area contributed by atoms with Crippen molar-refractivity contribution in [2.45, 2.75) is 13.5 Å². The molecule has 2 aliphatic rings. The number of fused-ring (bicyclic) bond motifs is 1. The van der Waals surface area contributed by atoms with Crippen LogP contribution in [0.1, 0.15) is 18.1 Å². The van der Waals surface area contributed by atoms with Crippen molar-refractivity contribution in [2.75, 3.05) is 46.1 Å². The summed E-state index contributed by atoms with van der Waals surface area (Å²) < 4.78 is 37.5. The number of piperazine rings is 1. The molecular weight excluding hydrogens is 442 g/mol. The summed E-state index contributed by atoms with van der Waals surface area (Å²) in [4.78, 5) is 16.7. The number of amides is 1. The van der Waals surface area contributed by atoms with Gasteiger partial charge in [0.2, 0.25) is 22.7 Å². The van der Waals surface area contributed by atoms with Gasteiger partial charge in [-0.2, -0.15) is 4.31 Å². The second kappa shape index (κ2) is 10.4. The fourth-order valence-electron chi connectivity index (χ4n) is 3.88. The maximum Gasteiger partial charge on any atom is 0.237 e. The summed E-state index contributed by atoms with van der Waals surface area (Å²) in [6, 6.07) is 15.1. The normalized spacial score (nSPS) is 16.9. The minimum atomic E-state index is -3.49. The molecule has 0 spiro atoms. The molecule has 0 atom stereocenters. The number of hydrogen-bond acceptors (Lipinski definition) is 6. The highest BCUT2D eigenvalue weighted by Gasteiger charge is 2.27. The Hall–Kier alpha value is -2.88. The lowest BCUT2D eigenvalue weighted by atomic mass is 10.2. The molecule has 0 aliphatic carbocycles. The van der Waals surface area contributed by atoms with Crippen LogP contribution in [-0.2, 0) is 21.4 Å². The van der Waals surface area contributed by atoms with Gasteiger partial charge in [0.25, 0.3) is 0 Å². The summed E-state index contributed by atoms with van der Waals surface area (Å²) in [6.07, 6.45) is 1.61. The van der Waals surface area contributed by atoms with Gasteiger partial charge in [-0.05, 0) is 36.3 Å². The Kier molecular flexibility index (Phi) is 7.32. The van der Waals surface area contributed by atoms with E-state index in [1.54, 1.807) is 11.0 Å². The molecule has 1 amide bonds. The molecule has 9 heteroatoms. The van der Waals surface area contributed by atoms with Gasteiger partial charge in [-0.25, -0.2) is 8.42 Å². The molecule has 0 N–H and O–H groups in total. The van der Waals surface area contributed by atoms with E-state index in [9.17, 15) is 13.2 Å². The van der Waals surface area contributed by atoms with Crippen LogP contribution in [0.3, 0.4) is 0 Å². The van der Waals surface area contributed by atoms with Crippen molar-refractivity contribution in [3.63, 3.8) is 0 Å². The number of hydrogen-bond donors (Lipinski definition) is 0. The first-order valence-corrected chi connectivity index (χ1v) is 12.6. The Morgan fingerprint density at radius 1 is 1.03 bits per heavy atom. The predicted molar refractivity (Wildman–Crippen MR) is 126 cm³/mol. The van der Waals surface area contributed by atoms with Crippen LogP contribution in [0.15, 0.2) is 53.9 Å². The van der Waals surface area contributed by atoms with Crippen LogP contribution in [0.4, 0.5) is 0 Å². The second-order valence-electron chi connectivity index (χ2n) is 8.03. The van der Waals surface area contributed by atoms with Crippen molar-refractivity contribution >= 4 is 22.0 Å². The Bertz CT molecular complexity index is 1100. The third-order valence-electron chi connectivity index (χ3n) is 5.83. The second-order valence-corrected chi connectivity index (χ2v) is 9.85. The first-order chi connectivity index (χ1) is 15.9. The first kappa shape index (κ1) is 23.3. The fraction of sp³-hybridized carbons (Fsp3) is 0.375. The number of benzene rings is 2. The summed E-state index contributed by atoms with van der Waals surface area (Å²) in [5.74, 6) is 1.45. The lowest BCUT2D eigenvalue weighted by molar-refractivity contribution is -0.133. The number of likely N-dealkylation sites (N-methyl/N-ethyl adjacent to an activating group) is 1. The van der Waals surface area contributed by atoms with Gasteiger partial charge in [-0.1, -0.05) is 36.4 Å². The van der Waals surface area contributed by atoms with Crippen LogP contribution >= 0.6 is 0 Å². The van der Waals surface area contributed by atoms with E-state index in [1.807, 2.05) is 60.4 Å². The minimum absolute atomic E-state index is 0.0236. The highest BCUT2D eigenvalue weighted by atomic mass is 32.2. The molecular formula is C24H29N3O5S. The van der Waals surface area contributed by atoms with Gasteiger partial charge < -0.3 is 14.4 Å². The zero-order valence-electron chi connectivity index (χ0n) is 18.7. The molecule has 0 radical (unpaired) electrons. The van der Waals surface area contributed by atoms with Gasteiger partial charge in [0.1, 0.15) is 0 Å². The number of sulfonamides is 1. The lowest BCUT2D eigenvalue weighted by Crippen LogP contribution is -2.51. The molecule has 0 bridgehead atoms. The van der Waals surface area contributed by atoms with E-state index in [-0.39, 0.29) is 19.2 Å². The van der Waals surface area contributed by atoms with Crippen LogP contribution in [0.5, 0.6) is 11.5 Å². The molecule has 0 aromatic heterocycles. The summed E-state index contributed by atoms with van der Waals surface area (Å²) in [5.41, 5.74) is 1.82. The smallest absolute Gasteiger partial charge is 0.237 e. The average molecular weight is 472 g/mol. The van der Waals surface area contributed by atoms with E-state index >= 15 is 0 Å². The SMILES string of the molecule is CCN(Cc1ccc2c(c1)OCO2)C(=O)CN1CCN(S(=O)(=O)/C=C/c2ccccc2)CC1. The number of rotatable bonds is 8.